The summed E-state index contributed by atoms with van der Waals surface area (Å²) < 4.78 is 15.8. The van der Waals surface area contributed by atoms with Crippen LogP contribution < -0.4 is 10.6 Å². The van der Waals surface area contributed by atoms with Gasteiger partial charge in [0.2, 0.25) is 0 Å². The molecule has 2 aromatic rings. The van der Waals surface area contributed by atoms with Crippen LogP contribution in [0.15, 0.2) is 30.6 Å². The summed E-state index contributed by atoms with van der Waals surface area (Å²) in [6, 6.07) is 5.26. The van der Waals surface area contributed by atoms with Gasteiger partial charge in [-0.15, -0.1) is 5.10 Å². The molecule has 6 heteroatoms. The van der Waals surface area contributed by atoms with Crippen molar-refractivity contribution in [1.82, 2.24) is 15.0 Å². The van der Waals surface area contributed by atoms with Crippen molar-refractivity contribution in [2.75, 3.05) is 18.0 Å². The van der Waals surface area contributed by atoms with E-state index in [9.17, 15) is 4.39 Å². The lowest BCUT2D eigenvalue weighted by molar-refractivity contribution is 0.608. The molecular weight excluding hydrogens is 245 g/mol. The summed E-state index contributed by atoms with van der Waals surface area (Å²) in [6.45, 7) is 2.01. The van der Waals surface area contributed by atoms with Gasteiger partial charge in [0, 0.05) is 25.3 Å². The first-order valence-electron chi connectivity index (χ1n) is 6.36. The molecule has 0 bridgehead atoms. The minimum absolute atomic E-state index is 0.124. The van der Waals surface area contributed by atoms with Crippen molar-refractivity contribution in [3.63, 3.8) is 0 Å². The molecule has 100 valence electrons. The van der Waals surface area contributed by atoms with Crippen molar-refractivity contribution in [2.24, 2.45) is 5.73 Å². The van der Waals surface area contributed by atoms with E-state index >= 15 is 0 Å². The Balaban J connectivity index is 1.93. The fourth-order valence-corrected chi connectivity index (χ4v) is 2.52. The molecule has 19 heavy (non-hydrogen) atoms. The van der Waals surface area contributed by atoms with Gasteiger partial charge in [-0.2, -0.15) is 0 Å². The van der Waals surface area contributed by atoms with Crippen molar-refractivity contribution in [3.8, 4) is 0 Å². The third-order valence-electron chi connectivity index (χ3n) is 3.42. The van der Waals surface area contributed by atoms with Crippen LogP contribution in [-0.2, 0) is 6.54 Å². The average molecular weight is 261 g/mol. The third-order valence-corrected chi connectivity index (χ3v) is 3.42. The van der Waals surface area contributed by atoms with E-state index in [4.69, 9.17) is 5.73 Å². The van der Waals surface area contributed by atoms with Gasteiger partial charge in [0.15, 0.2) is 0 Å². The second-order valence-electron chi connectivity index (χ2n) is 4.84. The highest BCUT2D eigenvalue weighted by molar-refractivity contribution is 5.56. The molecule has 1 aromatic carbocycles. The van der Waals surface area contributed by atoms with Gasteiger partial charge >= 0.3 is 0 Å². The molecule has 0 unspecified atom stereocenters. The Kier molecular flexibility index (Phi) is 3.16. The second-order valence-corrected chi connectivity index (χ2v) is 4.84. The number of halogens is 1. The van der Waals surface area contributed by atoms with Gasteiger partial charge in [0.05, 0.1) is 18.4 Å². The number of benzene rings is 1. The molecule has 0 aliphatic carbocycles. The molecule has 1 atom stereocenters. The summed E-state index contributed by atoms with van der Waals surface area (Å²) >= 11 is 0. The van der Waals surface area contributed by atoms with Crippen LogP contribution in [0.25, 0.3) is 0 Å². The molecule has 1 aliphatic heterocycles. The lowest BCUT2D eigenvalue weighted by Gasteiger charge is -2.22. The van der Waals surface area contributed by atoms with E-state index in [-0.39, 0.29) is 11.9 Å². The summed E-state index contributed by atoms with van der Waals surface area (Å²) in [6.07, 6.45) is 4.28. The monoisotopic (exact) mass is 261 g/mol. The molecule has 5 nitrogen and oxygen atoms in total. The summed E-state index contributed by atoms with van der Waals surface area (Å²) in [4.78, 5) is 2.02. The number of hydrogen-bond donors (Lipinski definition) is 1. The quantitative estimate of drug-likeness (QED) is 0.895. The fraction of sp³-hybridized carbons (Fsp3) is 0.385. The predicted molar refractivity (Wildman–Crippen MR) is 70.3 cm³/mol. The van der Waals surface area contributed by atoms with Crippen molar-refractivity contribution in [2.45, 2.75) is 19.0 Å². The fourth-order valence-electron chi connectivity index (χ4n) is 2.52. The Hall–Kier alpha value is -1.95. The number of nitrogens with two attached hydrogens (primary N) is 1. The standard InChI is InChI=1S/C13H16FN5/c14-12-3-1-2-10(8-19-7-5-16-17-19)13(12)18-6-4-11(15)9-18/h1-3,5,7,11H,4,6,8-9,15H2/t11-/m1/s1. The first kappa shape index (κ1) is 12.1. The van der Waals surface area contributed by atoms with E-state index in [0.29, 0.717) is 18.8 Å². The molecule has 0 saturated carbocycles. The predicted octanol–water partition coefficient (Wildman–Crippen LogP) is 1.00. The van der Waals surface area contributed by atoms with Crippen molar-refractivity contribution >= 4 is 5.69 Å². The molecule has 1 fully saturated rings. The average Bonchev–Trinajstić information content (AvgIpc) is 3.01. The molecule has 1 aromatic heterocycles. The Morgan fingerprint density at radius 3 is 3.00 bits per heavy atom. The van der Waals surface area contributed by atoms with Crippen LogP contribution >= 0.6 is 0 Å². The van der Waals surface area contributed by atoms with Gasteiger partial charge in [-0.3, -0.25) is 0 Å². The third kappa shape index (κ3) is 2.44. The summed E-state index contributed by atoms with van der Waals surface area (Å²) in [5.74, 6) is -0.202. The maximum Gasteiger partial charge on any atom is 0.146 e. The topological polar surface area (TPSA) is 60.0 Å². The van der Waals surface area contributed by atoms with Gasteiger partial charge in [0.25, 0.3) is 0 Å². The SMILES string of the molecule is N[C@@H]1CCN(c2c(F)cccc2Cn2ccnn2)C1. The molecule has 0 radical (unpaired) electrons. The molecule has 3 rings (SSSR count). The number of rotatable bonds is 3. The normalized spacial score (nSPS) is 19.1. The highest BCUT2D eigenvalue weighted by Gasteiger charge is 2.24. The zero-order valence-electron chi connectivity index (χ0n) is 10.5. The van der Waals surface area contributed by atoms with E-state index in [1.54, 1.807) is 23.1 Å². The summed E-state index contributed by atoms with van der Waals surface area (Å²) in [5.41, 5.74) is 7.45. The van der Waals surface area contributed by atoms with Crippen molar-refractivity contribution in [1.29, 1.82) is 0 Å². The number of anilines is 1. The number of para-hydroxylation sites is 1. The molecule has 2 heterocycles. The van der Waals surface area contributed by atoms with Crippen LogP contribution in [0.4, 0.5) is 10.1 Å². The van der Waals surface area contributed by atoms with Crippen LogP contribution in [0.2, 0.25) is 0 Å². The van der Waals surface area contributed by atoms with E-state index in [1.807, 2.05) is 11.0 Å². The maximum atomic E-state index is 14.1. The van der Waals surface area contributed by atoms with Crippen molar-refractivity contribution < 1.29 is 4.39 Å². The van der Waals surface area contributed by atoms with Gasteiger partial charge in [0.1, 0.15) is 5.82 Å². The van der Waals surface area contributed by atoms with Gasteiger partial charge in [-0.25, -0.2) is 9.07 Å². The summed E-state index contributed by atoms with van der Waals surface area (Å²) in [7, 11) is 0. The van der Waals surface area contributed by atoms with Gasteiger partial charge in [-0.05, 0) is 18.1 Å². The van der Waals surface area contributed by atoms with Gasteiger partial charge < -0.3 is 10.6 Å². The smallest absolute Gasteiger partial charge is 0.146 e. The van der Waals surface area contributed by atoms with Crippen LogP contribution in [0, 0.1) is 5.82 Å². The maximum absolute atomic E-state index is 14.1. The lowest BCUT2D eigenvalue weighted by Crippen LogP contribution is -2.28. The number of aromatic nitrogens is 3. The van der Waals surface area contributed by atoms with Crippen LogP contribution in [0.1, 0.15) is 12.0 Å². The first-order chi connectivity index (χ1) is 9.24. The highest BCUT2D eigenvalue weighted by atomic mass is 19.1. The molecular formula is C13H16FN5. The lowest BCUT2D eigenvalue weighted by atomic mass is 10.1. The van der Waals surface area contributed by atoms with Gasteiger partial charge in [-0.1, -0.05) is 17.3 Å². The minimum atomic E-state index is -0.202. The van der Waals surface area contributed by atoms with Crippen LogP contribution in [-0.4, -0.2) is 34.1 Å². The largest absolute Gasteiger partial charge is 0.367 e. The van der Waals surface area contributed by atoms with Crippen molar-refractivity contribution in [3.05, 3.63) is 42.0 Å². The Morgan fingerprint density at radius 1 is 1.42 bits per heavy atom. The molecule has 2 N–H and O–H groups in total. The van der Waals surface area contributed by atoms with E-state index in [1.165, 1.54) is 6.07 Å². The van der Waals surface area contributed by atoms with Crippen LogP contribution in [0.5, 0.6) is 0 Å². The second kappa shape index (κ2) is 4.97. The Bertz CT molecular complexity index is 554. The number of nitrogens with zero attached hydrogens (tertiary/aromatic N) is 4. The first-order valence-corrected chi connectivity index (χ1v) is 6.36. The number of hydrogen-bond acceptors (Lipinski definition) is 4. The van der Waals surface area contributed by atoms with E-state index in [2.05, 4.69) is 10.3 Å². The summed E-state index contributed by atoms with van der Waals surface area (Å²) in [5, 5.41) is 7.69. The zero-order valence-corrected chi connectivity index (χ0v) is 10.5. The highest BCUT2D eigenvalue weighted by Crippen LogP contribution is 2.28. The Morgan fingerprint density at radius 2 is 2.32 bits per heavy atom. The van der Waals surface area contributed by atoms with Crippen LogP contribution in [0.3, 0.4) is 0 Å². The molecule has 1 aliphatic rings. The Labute approximate surface area is 110 Å². The zero-order chi connectivity index (χ0) is 13.2. The molecule has 0 amide bonds. The van der Waals surface area contributed by atoms with E-state index in [0.717, 1.165) is 18.5 Å². The molecule has 1 saturated heterocycles. The molecule has 0 spiro atoms. The van der Waals surface area contributed by atoms with E-state index < -0.39 is 0 Å². The minimum Gasteiger partial charge on any atom is -0.367 e.